The van der Waals surface area contributed by atoms with E-state index in [1.807, 2.05) is 6.07 Å². The normalized spacial score (nSPS) is 11.3. The van der Waals surface area contributed by atoms with Crippen molar-refractivity contribution in [2.75, 3.05) is 0 Å². The minimum absolute atomic E-state index is 0.0872. The molecule has 6 nitrogen and oxygen atoms in total. The largest absolute Gasteiger partial charge is 0.478 e. The molecular formula is C20H19NO5. The molecule has 6 heteroatoms. The van der Waals surface area contributed by atoms with Crippen LogP contribution in [0.25, 0.3) is 0 Å². The van der Waals surface area contributed by atoms with Gasteiger partial charge in [0.25, 0.3) is 0 Å². The molecule has 0 aliphatic rings. The maximum Gasteiger partial charge on any atom is 0.375 e. The first-order valence-electron chi connectivity index (χ1n) is 8.07. The molecule has 0 unspecified atom stereocenters. The van der Waals surface area contributed by atoms with Crippen molar-refractivity contribution in [1.82, 2.24) is 0 Å². The number of carbonyl (C=O) groups excluding carboxylic acids is 2. The fraction of sp³-hybridized carbons (Fsp3) is 0.200. The van der Waals surface area contributed by atoms with Crippen molar-refractivity contribution in [3.05, 3.63) is 65.7 Å². The molecule has 2 rings (SSSR count). The van der Waals surface area contributed by atoms with Crippen LogP contribution in [0.5, 0.6) is 0 Å². The maximum atomic E-state index is 12.2. The van der Waals surface area contributed by atoms with E-state index in [2.05, 4.69) is 4.99 Å². The zero-order valence-electron chi connectivity index (χ0n) is 14.5. The molecule has 0 aromatic heterocycles. The number of ether oxygens (including phenoxy) is 1. The molecule has 2 aromatic rings. The third kappa shape index (κ3) is 5.37. The van der Waals surface area contributed by atoms with Gasteiger partial charge in [-0.1, -0.05) is 36.4 Å². The summed E-state index contributed by atoms with van der Waals surface area (Å²) >= 11 is 0. The van der Waals surface area contributed by atoms with Gasteiger partial charge in [-0.25, -0.2) is 9.59 Å². The van der Waals surface area contributed by atoms with Crippen molar-refractivity contribution < 1.29 is 24.2 Å². The Hall–Kier alpha value is -3.28. The molecule has 0 saturated carbocycles. The molecule has 0 fully saturated rings. The van der Waals surface area contributed by atoms with Crippen LogP contribution in [0.4, 0.5) is 5.69 Å². The number of Topliss-reactive ketones (excluding diaryl/α,β-unsaturated/α-hetero) is 1. The van der Waals surface area contributed by atoms with Crippen molar-refractivity contribution in [1.29, 1.82) is 0 Å². The number of nitrogens with zero attached hydrogens (tertiary/aromatic N) is 1. The summed E-state index contributed by atoms with van der Waals surface area (Å²) in [7, 11) is 0. The molecule has 0 saturated heterocycles. The summed E-state index contributed by atoms with van der Waals surface area (Å²) in [5.41, 5.74) is 1.50. The number of rotatable bonds is 7. The van der Waals surface area contributed by atoms with Crippen molar-refractivity contribution in [3.8, 4) is 0 Å². The Morgan fingerprint density at radius 2 is 1.65 bits per heavy atom. The average Bonchev–Trinajstić information content (AvgIpc) is 2.61. The van der Waals surface area contributed by atoms with Crippen LogP contribution < -0.4 is 0 Å². The van der Waals surface area contributed by atoms with Gasteiger partial charge in [-0.15, -0.1) is 0 Å². The molecule has 0 atom stereocenters. The van der Waals surface area contributed by atoms with Crippen molar-refractivity contribution in [2.24, 2.45) is 4.99 Å². The van der Waals surface area contributed by atoms with Crippen LogP contribution in [0.2, 0.25) is 0 Å². The number of aromatic carboxylic acids is 1. The van der Waals surface area contributed by atoms with Gasteiger partial charge in [0, 0.05) is 0 Å². The zero-order chi connectivity index (χ0) is 19.1. The van der Waals surface area contributed by atoms with Gasteiger partial charge >= 0.3 is 11.9 Å². The van der Waals surface area contributed by atoms with Crippen LogP contribution in [-0.4, -0.2) is 34.6 Å². The van der Waals surface area contributed by atoms with E-state index in [9.17, 15) is 14.4 Å². The Kier molecular flexibility index (Phi) is 6.38. The van der Waals surface area contributed by atoms with E-state index in [0.29, 0.717) is 17.0 Å². The van der Waals surface area contributed by atoms with Crippen molar-refractivity contribution in [2.45, 2.75) is 26.4 Å². The lowest BCUT2D eigenvalue weighted by Crippen LogP contribution is -2.23. The van der Waals surface area contributed by atoms with Crippen LogP contribution in [0.15, 0.2) is 59.6 Å². The van der Waals surface area contributed by atoms with Gasteiger partial charge in [0.15, 0.2) is 0 Å². The number of ketones is 1. The summed E-state index contributed by atoms with van der Waals surface area (Å²) in [6.45, 7) is 3.32. The Labute approximate surface area is 151 Å². The highest BCUT2D eigenvalue weighted by Crippen LogP contribution is 2.18. The van der Waals surface area contributed by atoms with Crippen molar-refractivity contribution in [3.63, 3.8) is 0 Å². The van der Waals surface area contributed by atoms with Crippen LogP contribution in [-0.2, 0) is 14.3 Å². The van der Waals surface area contributed by atoms with E-state index in [-0.39, 0.29) is 12.0 Å². The minimum Gasteiger partial charge on any atom is -0.478 e. The highest BCUT2D eigenvalue weighted by molar-refractivity contribution is 6.38. The van der Waals surface area contributed by atoms with E-state index in [1.165, 1.54) is 12.1 Å². The van der Waals surface area contributed by atoms with Gasteiger partial charge in [0.05, 0.1) is 29.5 Å². The second-order valence-corrected chi connectivity index (χ2v) is 5.83. The number of aliphatic imine (C=N–C) groups is 1. The number of carboxylic acid groups (broad SMARTS) is 1. The van der Waals surface area contributed by atoms with Gasteiger partial charge < -0.3 is 9.84 Å². The van der Waals surface area contributed by atoms with E-state index in [0.717, 1.165) is 0 Å². The minimum atomic E-state index is -1.07. The molecule has 134 valence electrons. The summed E-state index contributed by atoms with van der Waals surface area (Å²) in [6, 6.07) is 15.0. The monoisotopic (exact) mass is 353 g/mol. The summed E-state index contributed by atoms with van der Waals surface area (Å²) in [6.07, 6.45) is -0.636. The van der Waals surface area contributed by atoms with E-state index in [1.54, 1.807) is 50.2 Å². The lowest BCUT2D eigenvalue weighted by Gasteiger charge is -2.09. The summed E-state index contributed by atoms with van der Waals surface area (Å²) in [4.78, 5) is 39.5. The van der Waals surface area contributed by atoms with Gasteiger partial charge in [0.2, 0.25) is 5.78 Å². The highest BCUT2D eigenvalue weighted by atomic mass is 16.5. The second kappa shape index (κ2) is 8.71. The standard InChI is InChI=1S/C20H19NO5/c1-13(2)26-20(25)18(22)12-17(14-7-4-3-5-8-14)21-16-10-6-9-15(11-16)19(23)24/h3-11,13H,12H2,1-2H3,(H,23,24). The van der Waals surface area contributed by atoms with Crippen molar-refractivity contribution >= 4 is 29.1 Å². The van der Waals surface area contributed by atoms with E-state index >= 15 is 0 Å². The average molecular weight is 353 g/mol. The van der Waals surface area contributed by atoms with Crippen LogP contribution in [0.3, 0.4) is 0 Å². The fourth-order valence-electron chi connectivity index (χ4n) is 2.21. The highest BCUT2D eigenvalue weighted by Gasteiger charge is 2.20. The Bertz CT molecular complexity index is 840. The predicted molar refractivity (Wildman–Crippen MR) is 96.9 cm³/mol. The molecule has 0 heterocycles. The van der Waals surface area contributed by atoms with Crippen LogP contribution in [0, 0.1) is 0 Å². The molecule has 26 heavy (non-hydrogen) atoms. The summed E-state index contributed by atoms with van der Waals surface area (Å²) < 4.78 is 4.93. The molecule has 1 N–H and O–H groups in total. The topological polar surface area (TPSA) is 93.0 Å². The lowest BCUT2D eigenvalue weighted by atomic mass is 10.0. The molecule has 0 bridgehead atoms. The maximum absolute atomic E-state index is 12.2. The smallest absolute Gasteiger partial charge is 0.375 e. The second-order valence-electron chi connectivity index (χ2n) is 5.83. The first-order chi connectivity index (χ1) is 12.4. The number of carbonyl (C=O) groups is 3. The molecule has 0 aliphatic heterocycles. The first-order valence-corrected chi connectivity index (χ1v) is 8.07. The molecule has 2 aromatic carbocycles. The summed E-state index contributed by atoms with van der Waals surface area (Å²) in [5, 5.41) is 9.10. The van der Waals surface area contributed by atoms with Gasteiger partial charge in [-0.05, 0) is 37.6 Å². The summed E-state index contributed by atoms with van der Waals surface area (Å²) in [5.74, 6) is -2.70. The van der Waals surface area contributed by atoms with Gasteiger partial charge in [0.1, 0.15) is 0 Å². The molecule has 0 aliphatic carbocycles. The van der Waals surface area contributed by atoms with Crippen LogP contribution >= 0.6 is 0 Å². The molecule has 0 spiro atoms. The predicted octanol–water partition coefficient (Wildman–Crippen LogP) is 3.42. The number of hydrogen-bond acceptors (Lipinski definition) is 5. The Morgan fingerprint density at radius 3 is 2.27 bits per heavy atom. The molecule has 0 radical (unpaired) electrons. The zero-order valence-corrected chi connectivity index (χ0v) is 14.5. The third-order valence-electron chi connectivity index (χ3n) is 3.36. The van der Waals surface area contributed by atoms with E-state index in [4.69, 9.17) is 9.84 Å². The molecule has 0 amide bonds. The Morgan fingerprint density at radius 1 is 1.00 bits per heavy atom. The first kappa shape index (κ1) is 19.1. The number of hydrogen-bond donors (Lipinski definition) is 1. The Balaban J connectivity index is 2.36. The third-order valence-corrected chi connectivity index (χ3v) is 3.36. The van der Waals surface area contributed by atoms with Gasteiger partial charge in [-0.3, -0.25) is 9.79 Å². The number of benzene rings is 2. The van der Waals surface area contributed by atoms with E-state index < -0.39 is 23.8 Å². The quantitative estimate of drug-likeness (QED) is 0.468. The van der Waals surface area contributed by atoms with Crippen LogP contribution in [0.1, 0.15) is 36.2 Å². The number of carboxylic acids is 1. The number of esters is 1. The van der Waals surface area contributed by atoms with Gasteiger partial charge in [-0.2, -0.15) is 0 Å². The molecular weight excluding hydrogens is 334 g/mol. The lowest BCUT2D eigenvalue weighted by molar-refractivity contribution is -0.156. The fourth-order valence-corrected chi connectivity index (χ4v) is 2.21. The SMILES string of the molecule is CC(C)OC(=O)C(=O)CC(=Nc1cccc(C(=O)O)c1)c1ccccc1.